The zero-order valence-corrected chi connectivity index (χ0v) is 14.8. The van der Waals surface area contributed by atoms with Crippen molar-refractivity contribution in [1.29, 1.82) is 0 Å². The lowest BCUT2D eigenvalue weighted by molar-refractivity contribution is 0.102. The molecule has 2 heterocycles. The number of benzene rings is 2. The number of hydrogen-bond donors (Lipinski definition) is 1. The van der Waals surface area contributed by atoms with Crippen LogP contribution in [0.5, 0.6) is 0 Å². The predicted octanol–water partition coefficient (Wildman–Crippen LogP) is 2.57. The Morgan fingerprint density at radius 1 is 1.19 bits per heavy atom. The second-order valence-corrected chi connectivity index (χ2v) is 6.45. The van der Waals surface area contributed by atoms with Crippen LogP contribution in [0.4, 0.5) is 11.4 Å². The maximum Gasteiger partial charge on any atom is 0.276 e. The Kier molecular flexibility index (Phi) is 3.95. The van der Waals surface area contributed by atoms with Crippen LogP contribution in [0.25, 0.3) is 10.8 Å². The summed E-state index contributed by atoms with van der Waals surface area (Å²) in [5.41, 5.74) is 3.23. The van der Waals surface area contributed by atoms with Crippen molar-refractivity contribution in [3.63, 3.8) is 0 Å². The normalized spacial score (nSPS) is 13.1. The Hall–Kier alpha value is -3.15. The lowest BCUT2D eigenvalue weighted by Crippen LogP contribution is -2.25. The first-order valence-electron chi connectivity index (χ1n) is 8.73. The van der Waals surface area contributed by atoms with Crippen LogP contribution in [0.3, 0.4) is 0 Å². The minimum absolute atomic E-state index is 0.215. The largest absolute Gasteiger partial charge is 0.371 e. The molecule has 1 amide bonds. The summed E-state index contributed by atoms with van der Waals surface area (Å²) >= 11 is 0. The first kappa shape index (κ1) is 16.3. The minimum atomic E-state index is -0.321. The number of aryl methyl sites for hydroxylation is 1. The van der Waals surface area contributed by atoms with E-state index in [1.54, 1.807) is 31.3 Å². The van der Waals surface area contributed by atoms with E-state index < -0.39 is 0 Å². The molecule has 2 aromatic carbocycles. The predicted molar refractivity (Wildman–Crippen MR) is 103 cm³/mol. The van der Waals surface area contributed by atoms with Crippen molar-refractivity contribution in [2.24, 2.45) is 7.05 Å². The van der Waals surface area contributed by atoms with Gasteiger partial charge in [-0.1, -0.05) is 24.3 Å². The third-order valence-corrected chi connectivity index (χ3v) is 4.89. The molecule has 3 aromatic rings. The topological polar surface area (TPSA) is 67.2 Å². The molecule has 1 aliphatic heterocycles. The highest BCUT2D eigenvalue weighted by Crippen LogP contribution is 2.30. The molecule has 0 fully saturated rings. The van der Waals surface area contributed by atoms with E-state index in [1.807, 2.05) is 12.1 Å². The molecule has 0 aliphatic carbocycles. The number of rotatable bonds is 3. The van der Waals surface area contributed by atoms with Gasteiger partial charge in [-0.05, 0) is 37.1 Å². The lowest BCUT2D eigenvalue weighted by atomic mass is 10.1. The maximum absolute atomic E-state index is 12.8. The fourth-order valence-corrected chi connectivity index (χ4v) is 3.51. The molecule has 4 rings (SSSR count). The summed E-state index contributed by atoms with van der Waals surface area (Å²) in [5.74, 6) is -0.321. The van der Waals surface area contributed by atoms with Gasteiger partial charge in [0.1, 0.15) is 0 Å². The van der Waals surface area contributed by atoms with Crippen LogP contribution < -0.4 is 15.8 Å². The lowest BCUT2D eigenvalue weighted by Gasteiger charge is -2.17. The van der Waals surface area contributed by atoms with Crippen molar-refractivity contribution in [1.82, 2.24) is 9.78 Å². The second kappa shape index (κ2) is 6.29. The van der Waals surface area contributed by atoms with Crippen LogP contribution in [0.2, 0.25) is 0 Å². The van der Waals surface area contributed by atoms with E-state index in [9.17, 15) is 9.59 Å². The molecule has 0 atom stereocenters. The van der Waals surface area contributed by atoms with Gasteiger partial charge in [-0.25, -0.2) is 4.68 Å². The monoisotopic (exact) mass is 348 g/mol. The number of carbonyl (C=O) groups is 1. The first-order valence-corrected chi connectivity index (χ1v) is 8.73. The number of fused-ring (bicyclic) bond motifs is 2. The molecule has 0 spiro atoms. The molecule has 26 heavy (non-hydrogen) atoms. The average molecular weight is 348 g/mol. The van der Waals surface area contributed by atoms with E-state index >= 15 is 0 Å². The Bertz CT molecular complexity index is 1070. The van der Waals surface area contributed by atoms with Crippen LogP contribution in [-0.2, 0) is 13.5 Å². The van der Waals surface area contributed by atoms with Crippen LogP contribution in [0.1, 0.15) is 23.0 Å². The highest BCUT2D eigenvalue weighted by atomic mass is 16.2. The standard InChI is InChI=1S/C20H20N4O2/c1-3-24-11-10-13-8-9-14(12-17(13)24)21-19(25)18-15-6-4-5-7-16(15)20(26)23(2)22-18/h4-9,12H,3,10-11H2,1-2H3,(H,21,25). The van der Waals surface area contributed by atoms with Gasteiger partial charge in [0, 0.05) is 36.9 Å². The van der Waals surface area contributed by atoms with Gasteiger partial charge in [0.15, 0.2) is 5.69 Å². The van der Waals surface area contributed by atoms with Gasteiger partial charge in [-0.3, -0.25) is 9.59 Å². The third kappa shape index (κ3) is 2.63. The van der Waals surface area contributed by atoms with Crippen LogP contribution >= 0.6 is 0 Å². The van der Waals surface area contributed by atoms with E-state index in [-0.39, 0.29) is 17.2 Å². The molecule has 0 saturated carbocycles. The van der Waals surface area contributed by atoms with Crippen molar-refractivity contribution < 1.29 is 4.79 Å². The van der Waals surface area contributed by atoms with Gasteiger partial charge in [0.05, 0.1) is 5.39 Å². The van der Waals surface area contributed by atoms with Crippen molar-refractivity contribution in [2.45, 2.75) is 13.3 Å². The van der Waals surface area contributed by atoms with Gasteiger partial charge < -0.3 is 10.2 Å². The van der Waals surface area contributed by atoms with E-state index in [0.717, 1.165) is 25.2 Å². The summed E-state index contributed by atoms with van der Waals surface area (Å²) in [6.07, 6.45) is 1.03. The molecule has 1 N–H and O–H groups in total. The van der Waals surface area contributed by atoms with Crippen molar-refractivity contribution >= 4 is 28.1 Å². The number of hydrogen-bond acceptors (Lipinski definition) is 4. The summed E-state index contributed by atoms with van der Waals surface area (Å²) in [6, 6.07) is 13.0. The van der Waals surface area contributed by atoms with Crippen LogP contribution in [0.15, 0.2) is 47.3 Å². The number of nitrogens with one attached hydrogen (secondary N) is 1. The van der Waals surface area contributed by atoms with Crippen LogP contribution in [-0.4, -0.2) is 28.8 Å². The fraction of sp³-hybridized carbons (Fsp3) is 0.250. The van der Waals surface area contributed by atoms with Crippen LogP contribution in [0, 0.1) is 0 Å². The highest BCUT2D eigenvalue weighted by molar-refractivity contribution is 6.11. The number of carbonyl (C=O) groups excluding carboxylic acids is 1. The summed E-state index contributed by atoms with van der Waals surface area (Å²) < 4.78 is 1.21. The summed E-state index contributed by atoms with van der Waals surface area (Å²) in [6.45, 7) is 4.08. The summed E-state index contributed by atoms with van der Waals surface area (Å²) in [5, 5.41) is 8.16. The van der Waals surface area contributed by atoms with Gasteiger partial charge in [-0.15, -0.1) is 0 Å². The number of amides is 1. The average Bonchev–Trinajstić information content (AvgIpc) is 3.07. The molecule has 0 saturated heterocycles. The van der Waals surface area contributed by atoms with Crippen molar-refractivity contribution in [3.8, 4) is 0 Å². The number of aromatic nitrogens is 2. The highest BCUT2D eigenvalue weighted by Gasteiger charge is 2.20. The van der Waals surface area contributed by atoms with E-state index in [0.29, 0.717) is 10.8 Å². The zero-order chi connectivity index (χ0) is 18.3. The molecule has 1 aliphatic rings. The number of nitrogens with zero attached hydrogens (tertiary/aromatic N) is 3. The Balaban J connectivity index is 1.71. The number of anilines is 2. The summed E-state index contributed by atoms with van der Waals surface area (Å²) in [4.78, 5) is 27.4. The summed E-state index contributed by atoms with van der Waals surface area (Å²) in [7, 11) is 1.56. The van der Waals surface area contributed by atoms with E-state index in [4.69, 9.17) is 0 Å². The molecular formula is C20H20N4O2. The fourth-order valence-electron chi connectivity index (χ4n) is 3.51. The molecule has 132 valence electrons. The zero-order valence-electron chi connectivity index (χ0n) is 14.8. The molecule has 0 radical (unpaired) electrons. The molecule has 0 bridgehead atoms. The van der Waals surface area contributed by atoms with Gasteiger partial charge in [-0.2, -0.15) is 5.10 Å². The van der Waals surface area contributed by atoms with E-state index in [1.165, 1.54) is 15.9 Å². The molecule has 6 nitrogen and oxygen atoms in total. The van der Waals surface area contributed by atoms with Crippen molar-refractivity contribution in [3.05, 3.63) is 64.1 Å². The van der Waals surface area contributed by atoms with Gasteiger partial charge >= 0.3 is 0 Å². The first-order chi connectivity index (χ1) is 12.6. The smallest absolute Gasteiger partial charge is 0.276 e. The van der Waals surface area contributed by atoms with Gasteiger partial charge in [0.25, 0.3) is 11.5 Å². The second-order valence-electron chi connectivity index (χ2n) is 6.45. The quantitative estimate of drug-likeness (QED) is 0.790. The number of likely N-dealkylation sites (N-methyl/N-ethyl adjacent to an activating group) is 1. The minimum Gasteiger partial charge on any atom is -0.371 e. The van der Waals surface area contributed by atoms with E-state index in [2.05, 4.69) is 28.3 Å². The molecule has 1 aromatic heterocycles. The van der Waals surface area contributed by atoms with Gasteiger partial charge in [0.2, 0.25) is 0 Å². The third-order valence-electron chi connectivity index (χ3n) is 4.89. The SMILES string of the molecule is CCN1CCc2ccc(NC(=O)c3nn(C)c(=O)c4ccccc34)cc21. The Morgan fingerprint density at radius 2 is 1.96 bits per heavy atom. The van der Waals surface area contributed by atoms with Crippen molar-refractivity contribution in [2.75, 3.05) is 23.3 Å². The molecule has 0 unspecified atom stereocenters. The molecular weight excluding hydrogens is 328 g/mol. The molecule has 6 heteroatoms. The Labute approximate surface area is 151 Å². The Morgan fingerprint density at radius 3 is 2.73 bits per heavy atom. The maximum atomic E-state index is 12.8.